The normalized spacial score (nSPS) is 15.7. The molecule has 2 N–H and O–H groups in total. The maximum Gasteiger partial charge on any atom is 0.209 e. The van der Waals surface area contributed by atoms with Crippen LogP contribution in [0.1, 0.15) is 31.4 Å². The van der Waals surface area contributed by atoms with E-state index >= 15 is 0 Å². The summed E-state index contributed by atoms with van der Waals surface area (Å²) in [6.45, 7) is 6.36. The van der Waals surface area contributed by atoms with Crippen LogP contribution in [-0.4, -0.2) is 42.7 Å². The standard InChI is InChI=1S/C17H25ClN2O2/c1-17(2,11-21)10-19-16-14-4-3-8-20(12-22)9-7-13(14)5-6-15(16)18/h5-6,12,19,21H,3-4,7-11H2,1-2H3. The molecular formula is C17H25ClN2O2. The van der Waals surface area contributed by atoms with Crippen molar-refractivity contribution >= 4 is 23.7 Å². The SMILES string of the molecule is CC(C)(CO)CNc1c(Cl)ccc2c1CCCN(C=O)CC2. The highest BCUT2D eigenvalue weighted by Gasteiger charge is 2.20. The fourth-order valence-electron chi connectivity index (χ4n) is 2.70. The van der Waals surface area contributed by atoms with Crippen LogP contribution in [-0.2, 0) is 17.6 Å². The third kappa shape index (κ3) is 4.14. The number of aliphatic hydroxyl groups excluding tert-OH is 1. The topological polar surface area (TPSA) is 52.6 Å². The number of aliphatic hydroxyl groups is 1. The molecule has 1 heterocycles. The van der Waals surface area contributed by atoms with Crippen LogP contribution in [0.15, 0.2) is 12.1 Å². The summed E-state index contributed by atoms with van der Waals surface area (Å²) in [5.74, 6) is 0. The number of hydrogen-bond donors (Lipinski definition) is 2. The summed E-state index contributed by atoms with van der Waals surface area (Å²) in [5, 5.41) is 13.6. The fraction of sp³-hybridized carbons (Fsp3) is 0.588. The molecule has 0 saturated heterocycles. The molecule has 0 radical (unpaired) electrons. The molecule has 1 amide bonds. The molecule has 0 fully saturated rings. The van der Waals surface area contributed by atoms with Crippen molar-refractivity contribution < 1.29 is 9.90 Å². The van der Waals surface area contributed by atoms with Crippen LogP contribution in [0.3, 0.4) is 0 Å². The number of rotatable bonds is 5. The van der Waals surface area contributed by atoms with E-state index in [1.165, 1.54) is 11.1 Å². The Balaban J connectivity index is 2.23. The minimum Gasteiger partial charge on any atom is -0.396 e. The molecule has 5 heteroatoms. The highest BCUT2D eigenvalue weighted by atomic mass is 35.5. The Morgan fingerprint density at radius 1 is 1.36 bits per heavy atom. The van der Waals surface area contributed by atoms with Crippen molar-refractivity contribution in [2.45, 2.75) is 33.1 Å². The molecule has 0 atom stereocenters. The van der Waals surface area contributed by atoms with E-state index in [9.17, 15) is 9.90 Å². The van der Waals surface area contributed by atoms with Crippen LogP contribution in [0.25, 0.3) is 0 Å². The largest absolute Gasteiger partial charge is 0.396 e. The number of amides is 1. The van der Waals surface area contributed by atoms with E-state index in [0.29, 0.717) is 6.54 Å². The zero-order valence-electron chi connectivity index (χ0n) is 13.4. The molecule has 0 saturated carbocycles. The van der Waals surface area contributed by atoms with Gasteiger partial charge in [0, 0.05) is 31.7 Å². The number of benzene rings is 1. The second kappa shape index (κ2) is 7.34. The summed E-state index contributed by atoms with van der Waals surface area (Å²) in [6, 6.07) is 3.98. The fourth-order valence-corrected chi connectivity index (χ4v) is 2.94. The molecule has 0 bridgehead atoms. The summed E-state index contributed by atoms with van der Waals surface area (Å²) in [7, 11) is 0. The number of hydrogen-bond acceptors (Lipinski definition) is 3. The van der Waals surface area contributed by atoms with Gasteiger partial charge in [-0.25, -0.2) is 0 Å². The first-order chi connectivity index (χ1) is 10.5. The summed E-state index contributed by atoms with van der Waals surface area (Å²) in [6.07, 6.45) is 3.62. The van der Waals surface area contributed by atoms with Crippen LogP contribution in [0, 0.1) is 5.41 Å². The Labute approximate surface area is 137 Å². The Hall–Kier alpha value is -1.26. The second-order valence-electron chi connectivity index (χ2n) is 6.73. The van der Waals surface area contributed by atoms with Crippen LogP contribution in [0.4, 0.5) is 5.69 Å². The van der Waals surface area contributed by atoms with Crippen molar-refractivity contribution in [2.75, 3.05) is 31.6 Å². The smallest absolute Gasteiger partial charge is 0.209 e. The number of halogens is 1. The zero-order valence-corrected chi connectivity index (χ0v) is 14.1. The first-order valence-corrected chi connectivity index (χ1v) is 8.19. The van der Waals surface area contributed by atoms with Crippen molar-refractivity contribution in [1.82, 2.24) is 4.90 Å². The lowest BCUT2D eigenvalue weighted by atomic mass is 9.93. The van der Waals surface area contributed by atoms with Crippen LogP contribution < -0.4 is 5.32 Å². The Kier molecular flexibility index (Phi) is 5.70. The summed E-state index contributed by atoms with van der Waals surface area (Å²) in [4.78, 5) is 12.8. The average Bonchev–Trinajstić information content (AvgIpc) is 2.48. The predicted octanol–water partition coefficient (Wildman–Crippen LogP) is 2.72. The van der Waals surface area contributed by atoms with E-state index in [2.05, 4.69) is 11.4 Å². The molecule has 0 unspecified atom stereocenters. The van der Waals surface area contributed by atoms with Gasteiger partial charge in [-0.05, 0) is 36.5 Å². The zero-order chi connectivity index (χ0) is 16.2. The number of nitrogens with one attached hydrogen (secondary N) is 1. The number of anilines is 1. The molecule has 2 rings (SSSR count). The highest BCUT2D eigenvalue weighted by Crippen LogP contribution is 2.32. The number of carbonyl (C=O) groups excluding carboxylic acids is 1. The molecule has 4 nitrogen and oxygen atoms in total. The van der Waals surface area contributed by atoms with E-state index in [-0.39, 0.29) is 12.0 Å². The molecule has 0 spiro atoms. The van der Waals surface area contributed by atoms with E-state index in [0.717, 1.165) is 49.5 Å². The molecule has 1 aliphatic heterocycles. The third-order valence-electron chi connectivity index (χ3n) is 4.22. The lowest BCUT2D eigenvalue weighted by Crippen LogP contribution is -2.29. The van der Waals surface area contributed by atoms with E-state index < -0.39 is 0 Å². The summed E-state index contributed by atoms with van der Waals surface area (Å²) >= 11 is 6.39. The maximum atomic E-state index is 11.0. The van der Waals surface area contributed by atoms with Gasteiger partial charge < -0.3 is 15.3 Å². The van der Waals surface area contributed by atoms with E-state index in [1.807, 2.05) is 24.8 Å². The van der Waals surface area contributed by atoms with Gasteiger partial charge in [0.25, 0.3) is 0 Å². The van der Waals surface area contributed by atoms with Gasteiger partial charge in [-0.15, -0.1) is 0 Å². The minimum absolute atomic E-state index is 0.126. The molecule has 0 aliphatic carbocycles. The predicted molar refractivity (Wildman–Crippen MR) is 90.5 cm³/mol. The second-order valence-corrected chi connectivity index (χ2v) is 7.14. The molecule has 122 valence electrons. The van der Waals surface area contributed by atoms with E-state index in [4.69, 9.17) is 11.6 Å². The van der Waals surface area contributed by atoms with Gasteiger partial charge in [-0.2, -0.15) is 0 Å². The van der Waals surface area contributed by atoms with Crippen LogP contribution >= 0.6 is 11.6 Å². The average molecular weight is 325 g/mol. The van der Waals surface area contributed by atoms with Gasteiger partial charge in [0.2, 0.25) is 6.41 Å². The minimum atomic E-state index is -0.192. The number of fused-ring (bicyclic) bond motifs is 1. The van der Waals surface area contributed by atoms with E-state index in [1.54, 1.807) is 0 Å². The molecule has 0 aromatic heterocycles. The van der Waals surface area contributed by atoms with Gasteiger partial charge >= 0.3 is 0 Å². The third-order valence-corrected chi connectivity index (χ3v) is 4.54. The summed E-state index contributed by atoms with van der Waals surface area (Å²) < 4.78 is 0. The molecule has 1 aromatic carbocycles. The quantitative estimate of drug-likeness (QED) is 0.819. The van der Waals surface area contributed by atoms with Gasteiger partial charge in [-0.3, -0.25) is 4.79 Å². The Bertz CT molecular complexity index is 532. The van der Waals surface area contributed by atoms with Crippen LogP contribution in [0.2, 0.25) is 5.02 Å². The first-order valence-electron chi connectivity index (χ1n) is 7.81. The van der Waals surface area contributed by atoms with Crippen molar-refractivity contribution in [3.63, 3.8) is 0 Å². The highest BCUT2D eigenvalue weighted by molar-refractivity contribution is 6.33. The monoisotopic (exact) mass is 324 g/mol. The molecule has 1 aliphatic rings. The van der Waals surface area contributed by atoms with Crippen LogP contribution in [0.5, 0.6) is 0 Å². The maximum absolute atomic E-state index is 11.0. The first kappa shape index (κ1) is 17.1. The Morgan fingerprint density at radius 3 is 2.82 bits per heavy atom. The van der Waals surface area contributed by atoms with Gasteiger partial charge in [0.05, 0.1) is 10.7 Å². The summed E-state index contributed by atoms with van der Waals surface area (Å²) in [5.41, 5.74) is 3.30. The molecular weight excluding hydrogens is 300 g/mol. The van der Waals surface area contributed by atoms with Gasteiger partial charge in [0.1, 0.15) is 0 Å². The molecule has 22 heavy (non-hydrogen) atoms. The van der Waals surface area contributed by atoms with Crippen molar-refractivity contribution in [1.29, 1.82) is 0 Å². The van der Waals surface area contributed by atoms with Crippen molar-refractivity contribution in [3.8, 4) is 0 Å². The van der Waals surface area contributed by atoms with Crippen molar-refractivity contribution in [2.24, 2.45) is 5.41 Å². The number of nitrogens with zero attached hydrogens (tertiary/aromatic N) is 1. The molecule has 1 aromatic rings. The number of carbonyl (C=O) groups is 1. The van der Waals surface area contributed by atoms with Gasteiger partial charge in [0.15, 0.2) is 0 Å². The lowest BCUT2D eigenvalue weighted by molar-refractivity contribution is -0.118. The van der Waals surface area contributed by atoms with Gasteiger partial charge in [-0.1, -0.05) is 31.5 Å². The lowest BCUT2D eigenvalue weighted by Gasteiger charge is -2.27. The van der Waals surface area contributed by atoms with Crippen molar-refractivity contribution in [3.05, 3.63) is 28.3 Å². The Morgan fingerprint density at radius 2 is 2.14 bits per heavy atom.